The fraction of sp³-hybridized carbons (Fsp3) is 0.200. The first-order valence-electron chi connectivity index (χ1n) is 3.49. The molecule has 0 rings (SSSR count). The van der Waals surface area contributed by atoms with Crippen LogP contribution < -0.4 is 5.32 Å². The van der Waals surface area contributed by atoms with E-state index in [2.05, 4.69) is 25.1 Å². The Morgan fingerprint density at radius 3 is 2.18 bits per heavy atom. The zero-order valence-electron chi connectivity index (χ0n) is 7.28. The molecule has 0 saturated carbocycles. The number of hydrogen-bond acceptors (Lipinski definition) is 1. The summed E-state index contributed by atoms with van der Waals surface area (Å²) in [6.45, 7) is 15.0. The largest absolute Gasteiger partial charge is 0.360 e. The van der Waals surface area contributed by atoms with Crippen LogP contribution in [0.4, 0.5) is 0 Å². The highest BCUT2D eigenvalue weighted by Gasteiger charge is 1.92. The lowest BCUT2D eigenvalue weighted by Gasteiger charge is -2.07. The van der Waals surface area contributed by atoms with Gasteiger partial charge in [0, 0.05) is 11.4 Å². The van der Waals surface area contributed by atoms with Crippen molar-refractivity contribution in [3.63, 3.8) is 0 Å². The Morgan fingerprint density at radius 2 is 1.82 bits per heavy atom. The van der Waals surface area contributed by atoms with Crippen molar-refractivity contribution in [3.05, 3.63) is 48.9 Å². The molecule has 0 aliphatic carbocycles. The van der Waals surface area contributed by atoms with Crippen molar-refractivity contribution in [2.45, 2.75) is 13.8 Å². The molecule has 0 heterocycles. The van der Waals surface area contributed by atoms with E-state index in [4.69, 9.17) is 0 Å². The molecule has 11 heavy (non-hydrogen) atoms. The van der Waals surface area contributed by atoms with Gasteiger partial charge in [0.1, 0.15) is 0 Å². The van der Waals surface area contributed by atoms with E-state index in [1.165, 1.54) is 0 Å². The Bertz CT molecular complexity index is 209. The summed E-state index contributed by atoms with van der Waals surface area (Å²) in [5, 5.41) is 3.02. The maximum atomic E-state index is 3.83. The molecule has 0 aromatic rings. The van der Waals surface area contributed by atoms with Crippen molar-refractivity contribution in [1.29, 1.82) is 0 Å². The lowest BCUT2D eigenvalue weighted by Crippen LogP contribution is -2.08. The molecule has 0 aromatic heterocycles. The van der Waals surface area contributed by atoms with Gasteiger partial charge in [-0.05, 0) is 19.4 Å². The highest BCUT2D eigenvalue weighted by Crippen LogP contribution is 2.04. The summed E-state index contributed by atoms with van der Waals surface area (Å²) < 4.78 is 0. The first kappa shape index (κ1) is 9.76. The van der Waals surface area contributed by atoms with Crippen LogP contribution in [-0.4, -0.2) is 0 Å². The van der Waals surface area contributed by atoms with Crippen molar-refractivity contribution in [1.82, 2.24) is 5.32 Å². The number of allylic oxidation sites excluding steroid dienone is 4. The minimum absolute atomic E-state index is 0.873. The van der Waals surface area contributed by atoms with Gasteiger partial charge in [-0.2, -0.15) is 0 Å². The summed E-state index contributed by atoms with van der Waals surface area (Å²) in [5.74, 6) is 0. The Kier molecular flexibility index (Phi) is 4.04. The predicted octanol–water partition coefficient (Wildman–Crippen LogP) is 2.76. The van der Waals surface area contributed by atoms with Crippen LogP contribution in [0.3, 0.4) is 0 Å². The Morgan fingerprint density at radius 1 is 1.27 bits per heavy atom. The van der Waals surface area contributed by atoms with Gasteiger partial charge in [-0.25, -0.2) is 0 Å². The van der Waals surface area contributed by atoms with E-state index in [0.717, 1.165) is 17.0 Å². The van der Waals surface area contributed by atoms with Gasteiger partial charge in [-0.3, -0.25) is 0 Å². The van der Waals surface area contributed by atoms with E-state index in [9.17, 15) is 0 Å². The van der Waals surface area contributed by atoms with Crippen LogP contribution in [0.1, 0.15) is 13.8 Å². The third-order valence-electron chi connectivity index (χ3n) is 1.21. The van der Waals surface area contributed by atoms with E-state index in [1.807, 2.05) is 19.9 Å². The molecule has 0 unspecified atom stereocenters. The Hall–Kier alpha value is -1.24. The molecule has 0 aromatic carbocycles. The highest BCUT2D eigenvalue weighted by atomic mass is 14.9. The van der Waals surface area contributed by atoms with Gasteiger partial charge in [-0.15, -0.1) is 0 Å². The zero-order valence-corrected chi connectivity index (χ0v) is 7.28. The minimum atomic E-state index is 0.873. The molecule has 60 valence electrons. The van der Waals surface area contributed by atoms with Gasteiger partial charge in [0.15, 0.2) is 0 Å². The van der Waals surface area contributed by atoms with Gasteiger partial charge in [0.2, 0.25) is 0 Å². The fourth-order valence-electron chi connectivity index (χ4n) is 0.634. The Balaban J connectivity index is 4.14. The zero-order chi connectivity index (χ0) is 8.85. The van der Waals surface area contributed by atoms with Gasteiger partial charge >= 0.3 is 0 Å². The summed E-state index contributed by atoms with van der Waals surface area (Å²) in [6, 6.07) is 0. The van der Waals surface area contributed by atoms with Gasteiger partial charge in [-0.1, -0.05) is 31.9 Å². The molecule has 1 nitrogen and oxygen atoms in total. The van der Waals surface area contributed by atoms with Crippen molar-refractivity contribution < 1.29 is 0 Å². The molecule has 0 bridgehead atoms. The number of rotatable bonds is 4. The summed E-state index contributed by atoms with van der Waals surface area (Å²) in [6.07, 6.45) is 3.64. The van der Waals surface area contributed by atoms with Crippen molar-refractivity contribution in [2.24, 2.45) is 0 Å². The average molecular weight is 149 g/mol. The molecule has 0 fully saturated rings. The topological polar surface area (TPSA) is 12.0 Å². The SMILES string of the molecule is C=C/C=C(\C)C(=C)NC(=C)C. The quantitative estimate of drug-likeness (QED) is 0.606. The van der Waals surface area contributed by atoms with Crippen LogP contribution >= 0.6 is 0 Å². The van der Waals surface area contributed by atoms with Crippen molar-refractivity contribution in [3.8, 4) is 0 Å². The molecule has 1 N–H and O–H groups in total. The van der Waals surface area contributed by atoms with Crippen LogP contribution in [0, 0.1) is 0 Å². The average Bonchev–Trinajstić information content (AvgIpc) is 1.86. The van der Waals surface area contributed by atoms with Crippen LogP contribution in [0.15, 0.2) is 48.9 Å². The molecular formula is C10H15N. The molecular weight excluding hydrogens is 134 g/mol. The highest BCUT2D eigenvalue weighted by molar-refractivity contribution is 5.29. The summed E-state index contributed by atoms with van der Waals surface area (Å²) >= 11 is 0. The second kappa shape index (κ2) is 4.56. The fourth-order valence-corrected chi connectivity index (χ4v) is 0.634. The van der Waals surface area contributed by atoms with E-state index in [1.54, 1.807) is 6.08 Å². The van der Waals surface area contributed by atoms with Crippen molar-refractivity contribution in [2.75, 3.05) is 0 Å². The Labute approximate surface area is 68.8 Å². The van der Waals surface area contributed by atoms with E-state index >= 15 is 0 Å². The summed E-state index contributed by atoms with van der Waals surface area (Å²) in [5.41, 5.74) is 2.84. The van der Waals surface area contributed by atoms with Crippen LogP contribution in [0.2, 0.25) is 0 Å². The molecule has 1 heteroatoms. The third-order valence-corrected chi connectivity index (χ3v) is 1.21. The number of hydrogen-bond donors (Lipinski definition) is 1. The molecule has 0 aliphatic heterocycles. The van der Waals surface area contributed by atoms with Crippen molar-refractivity contribution >= 4 is 0 Å². The molecule has 0 saturated heterocycles. The second-order valence-corrected chi connectivity index (χ2v) is 2.47. The van der Waals surface area contributed by atoms with Crippen LogP contribution in [-0.2, 0) is 0 Å². The van der Waals surface area contributed by atoms with Crippen LogP contribution in [0.25, 0.3) is 0 Å². The molecule has 0 spiro atoms. The first-order valence-corrected chi connectivity index (χ1v) is 3.49. The maximum absolute atomic E-state index is 3.83. The lowest BCUT2D eigenvalue weighted by atomic mass is 10.2. The monoisotopic (exact) mass is 149 g/mol. The standard InChI is InChI=1S/C10H15N/c1-6-7-9(4)10(5)11-8(2)3/h6-7,11H,1-2,5H2,3-4H3/b9-7+. The van der Waals surface area contributed by atoms with Gasteiger partial charge in [0.05, 0.1) is 0 Å². The predicted molar refractivity (Wildman–Crippen MR) is 51.0 cm³/mol. The lowest BCUT2D eigenvalue weighted by molar-refractivity contribution is 0.989. The van der Waals surface area contributed by atoms with E-state index in [-0.39, 0.29) is 0 Å². The molecule has 0 aliphatic rings. The van der Waals surface area contributed by atoms with Gasteiger partial charge < -0.3 is 5.32 Å². The molecule has 0 atom stereocenters. The molecule has 0 amide bonds. The summed E-state index contributed by atoms with van der Waals surface area (Å²) in [4.78, 5) is 0. The van der Waals surface area contributed by atoms with E-state index < -0.39 is 0 Å². The minimum Gasteiger partial charge on any atom is -0.360 e. The summed E-state index contributed by atoms with van der Waals surface area (Å²) in [7, 11) is 0. The first-order chi connectivity index (χ1) is 5.07. The normalized spacial score (nSPS) is 10.5. The van der Waals surface area contributed by atoms with Gasteiger partial charge in [0.25, 0.3) is 0 Å². The third kappa shape index (κ3) is 4.20. The second-order valence-electron chi connectivity index (χ2n) is 2.47. The number of nitrogens with one attached hydrogen (secondary N) is 1. The van der Waals surface area contributed by atoms with E-state index in [0.29, 0.717) is 0 Å². The molecule has 0 radical (unpaired) electrons. The van der Waals surface area contributed by atoms with Crippen LogP contribution in [0.5, 0.6) is 0 Å². The maximum Gasteiger partial charge on any atom is 0.0338 e. The smallest absolute Gasteiger partial charge is 0.0338 e.